The molecule has 1 heterocycles. The smallest absolute Gasteiger partial charge is 0.224 e. The zero-order valence-electron chi connectivity index (χ0n) is 11.3. The molecule has 0 saturated carbocycles. The van der Waals surface area contributed by atoms with Gasteiger partial charge in [-0.2, -0.15) is 4.98 Å². The van der Waals surface area contributed by atoms with Crippen LogP contribution in [0.5, 0.6) is 0 Å². The van der Waals surface area contributed by atoms with Gasteiger partial charge in [-0.3, -0.25) is 0 Å². The van der Waals surface area contributed by atoms with Crippen LogP contribution in [0, 0.1) is 6.92 Å². The van der Waals surface area contributed by atoms with Gasteiger partial charge in [-0.25, -0.2) is 4.98 Å². The van der Waals surface area contributed by atoms with E-state index in [2.05, 4.69) is 48.2 Å². The van der Waals surface area contributed by atoms with E-state index in [1.807, 2.05) is 39.2 Å². The molecule has 0 unspecified atom stereocenters. The fraction of sp³-hybridized carbons (Fsp3) is 0.286. The molecule has 100 valence electrons. The molecule has 5 heteroatoms. The van der Waals surface area contributed by atoms with Crippen LogP contribution in [0.25, 0.3) is 0 Å². The summed E-state index contributed by atoms with van der Waals surface area (Å²) in [5.41, 5.74) is 2.20. The maximum Gasteiger partial charge on any atom is 0.224 e. The van der Waals surface area contributed by atoms with E-state index >= 15 is 0 Å². The second kappa shape index (κ2) is 6.02. The molecule has 1 aromatic heterocycles. The third-order valence-corrected chi connectivity index (χ3v) is 3.32. The minimum atomic E-state index is 0.651. The molecule has 0 amide bonds. The van der Waals surface area contributed by atoms with Crippen molar-refractivity contribution in [1.29, 1.82) is 0 Å². The Hall–Kier alpha value is -1.62. The lowest BCUT2D eigenvalue weighted by Gasteiger charge is -2.19. The van der Waals surface area contributed by atoms with Gasteiger partial charge < -0.3 is 10.2 Å². The summed E-state index contributed by atoms with van der Waals surface area (Å²) in [5.74, 6) is 1.57. The Labute approximate surface area is 122 Å². The van der Waals surface area contributed by atoms with Crippen molar-refractivity contribution in [2.75, 3.05) is 24.3 Å². The third kappa shape index (κ3) is 3.67. The van der Waals surface area contributed by atoms with E-state index in [9.17, 15) is 0 Å². The Balaban J connectivity index is 2.17. The highest BCUT2D eigenvalue weighted by molar-refractivity contribution is 9.10. The van der Waals surface area contributed by atoms with Gasteiger partial charge in [0.15, 0.2) is 0 Å². The quantitative estimate of drug-likeness (QED) is 0.939. The first-order chi connectivity index (χ1) is 9.08. The van der Waals surface area contributed by atoms with Crippen LogP contribution in [0.2, 0.25) is 0 Å². The maximum absolute atomic E-state index is 4.46. The number of halogens is 1. The van der Waals surface area contributed by atoms with E-state index < -0.39 is 0 Å². The molecule has 0 fully saturated rings. The Morgan fingerprint density at radius 1 is 1.21 bits per heavy atom. The van der Waals surface area contributed by atoms with Crippen LogP contribution in [-0.4, -0.2) is 24.1 Å². The number of anilines is 2. The number of hydrogen-bond acceptors (Lipinski definition) is 4. The molecular formula is C14H17BrN4. The summed E-state index contributed by atoms with van der Waals surface area (Å²) in [7, 11) is 3.86. The van der Waals surface area contributed by atoms with Gasteiger partial charge in [0.05, 0.1) is 0 Å². The molecule has 0 aliphatic heterocycles. The summed E-state index contributed by atoms with van der Waals surface area (Å²) in [4.78, 5) is 10.9. The summed E-state index contributed by atoms with van der Waals surface area (Å²) in [6.07, 6.45) is 0. The number of hydrogen-bond donors (Lipinski definition) is 1. The first-order valence-electron chi connectivity index (χ1n) is 6.07. The maximum atomic E-state index is 4.46. The first-order valence-corrected chi connectivity index (χ1v) is 6.87. The Bertz CT molecular complexity index is 554. The molecule has 0 atom stereocenters. The van der Waals surface area contributed by atoms with Gasteiger partial charge in [0.1, 0.15) is 5.82 Å². The van der Waals surface area contributed by atoms with Crippen molar-refractivity contribution in [3.8, 4) is 0 Å². The Morgan fingerprint density at radius 2 is 1.89 bits per heavy atom. The highest BCUT2D eigenvalue weighted by atomic mass is 79.9. The van der Waals surface area contributed by atoms with Crippen molar-refractivity contribution in [2.45, 2.75) is 13.5 Å². The predicted octanol–water partition coefficient (Wildman–Crippen LogP) is 3.23. The van der Waals surface area contributed by atoms with Gasteiger partial charge in [0, 0.05) is 36.9 Å². The third-order valence-electron chi connectivity index (χ3n) is 2.79. The van der Waals surface area contributed by atoms with Crippen LogP contribution in [-0.2, 0) is 6.54 Å². The molecule has 0 aliphatic carbocycles. The zero-order valence-corrected chi connectivity index (χ0v) is 12.9. The van der Waals surface area contributed by atoms with Crippen molar-refractivity contribution < 1.29 is 0 Å². The standard InChI is InChI=1S/C14H17BrN4/c1-10-8-13(18-14(16-2)17-10)19(3)9-11-4-6-12(15)7-5-11/h4-8H,9H2,1-3H3,(H,16,17,18). The van der Waals surface area contributed by atoms with Crippen molar-refractivity contribution in [3.63, 3.8) is 0 Å². The second-order valence-electron chi connectivity index (χ2n) is 4.42. The van der Waals surface area contributed by atoms with E-state index in [1.54, 1.807) is 0 Å². The highest BCUT2D eigenvalue weighted by Gasteiger charge is 2.06. The minimum absolute atomic E-state index is 0.651. The fourth-order valence-electron chi connectivity index (χ4n) is 1.80. The number of aryl methyl sites for hydroxylation is 1. The molecule has 0 spiro atoms. The number of nitrogens with one attached hydrogen (secondary N) is 1. The van der Waals surface area contributed by atoms with Gasteiger partial charge in [-0.05, 0) is 24.6 Å². The lowest BCUT2D eigenvalue weighted by molar-refractivity contribution is 0.887. The summed E-state index contributed by atoms with van der Waals surface area (Å²) in [5, 5.41) is 2.98. The second-order valence-corrected chi connectivity index (χ2v) is 5.34. The van der Waals surface area contributed by atoms with Gasteiger partial charge in [-0.1, -0.05) is 28.1 Å². The molecule has 0 bridgehead atoms. The average molecular weight is 321 g/mol. The molecule has 1 N–H and O–H groups in total. The number of aromatic nitrogens is 2. The molecule has 1 aromatic carbocycles. The zero-order chi connectivity index (χ0) is 13.8. The fourth-order valence-corrected chi connectivity index (χ4v) is 2.07. The summed E-state index contributed by atoms with van der Waals surface area (Å²) < 4.78 is 1.09. The monoisotopic (exact) mass is 320 g/mol. The van der Waals surface area contributed by atoms with E-state index in [0.29, 0.717) is 5.95 Å². The molecule has 0 saturated heterocycles. The van der Waals surface area contributed by atoms with Crippen LogP contribution in [0.3, 0.4) is 0 Å². The van der Waals surface area contributed by atoms with Crippen LogP contribution in [0.1, 0.15) is 11.3 Å². The molecule has 4 nitrogen and oxygen atoms in total. The van der Waals surface area contributed by atoms with Crippen molar-refractivity contribution in [3.05, 3.63) is 46.1 Å². The number of benzene rings is 1. The van der Waals surface area contributed by atoms with E-state index in [1.165, 1.54) is 5.56 Å². The molecule has 0 radical (unpaired) electrons. The number of rotatable bonds is 4. The molecular weight excluding hydrogens is 304 g/mol. The van der Waals surface area contributed by atoms with Crippen LogP contribution in [0.4, 0.5) is 11.8 Å². The van der Waals surface area contributed by atoms with Crippen LogP contribution < -0.4 is 10.2 Å². The molecule has 0 aliphatic rings. The van der Waals surface area contributed by atoms with Crippen LogP contribution >= 0.6 is 15.9 Å². The Kier molecular flexibility index (Phi) is 4.37. The Morgan fingerprint density at radius 3 is 2.53 bits per heavy atom. The topological polar surface area (TPSA) is 41.1 Å². The normalized spacial score (nSPS) is 10.3. The minimum Gasteiger partial charge on any atom is -0.357 e. The van der Waals surface area contributed by atoms with Crippen molar-refractivity contribution in [2.24, 2.45) is 0 Å². The van der Waals surface area contributed by atoms with E-state index in [0.717, 1.165) is 22.5 Å². The van der Waals surface area contributed by atoms with Gasteiger partial charge in [0.25, 0.3) is 0 Å². The van der Waals surface area contributed by atoms with Gasteiger partial charge in [-0.15, -0.1) is 0 Å². The average Bonchev–Trinajstić information content (AvgIpc) is 2.40. The van der Waals surface area contributed by atoms with Crippen LogP contribution in [0.15, 0.2) is 34.8 Å². The van der Waals surface area contributed by atoms with Crippen molar-refractivity contribution >= 4 is 27.7 Å². The number of nitrogens with zero attached hydrogens (tertiary/aromatic N) is 3. The van der Waals surface area contributed by atoms with Gasteiger partial charge >= 0.3 is 0 Å². The SMILES string of the molecule is CNc1nc(C)cc(N(C)Cc2ccc(Br)cc2)n1. The summed E-state index contributed by atoms with van der Waals surface area (Å²) in [6, 6.07) is 10.3. The van der Waals surface area contributed by atoms with Crippen molar-refractivity contribution in [1.82, 2.24) is 9.97 Å². The largest absolute Gasteiger partial charge is 0.357 e. The highest BCUT2D eigenvalue weighted by Crippen LogP contribution is 2.17. The molecule has 2 aromatic rings. The van der Waals surface area contributed by atoms with E-state index in [4.69, 9.17) is 0 Å². The molecule has 19 heavy (non-hydrogen) atoms. The van der Waals surface area contributed by atoms with E-state index in [-0.39, 0.29) is 0 Å². The molecule has 2 rings (SSSR count). The van der Waals surface area contributed by atoms with Gasteiger partial charge in [0.2, 0.25) is 5.95 Å². The summed E-state index contributed by atoms with van der Waals surface area (Å²) in [6.45, 7) is 2.78. The lowest BCUT2D eigenvalue weighted by atomic mass is 10.2. The summed E-state index contributed by atoms with van der Waals surface area (Å²) >= 11 is 3.44. The predicted molar refractivity (Wildman–Crippen MR) is 82.6 cm³/mol. The first kappa shape index (κ1) is 13.8. The lowest BCUT2D eigenvalue weighted by Crippen LogP contribution is -2.18.